The molecule has 0 spiro atoms. The molecular formula is C25H21BrNO3P. The van der Waals surface area contributed by atoms with E-state index in [1.54, 1.807) is 24.3 Å². The van der Waals surface area contributed by atoms with Crippen LogP contribution in [0.15, 0.2) is 120 Å². The molecule has 0 aliphatic heterocycles. The van der Waals surface area contributed by atoms with Gasteiger partial charge in [0.25, 0.3) is 0 Å². The molecule has 4 aromatic carbocycles. The molecule has 0 radical (unpaired) electrons. The lowest BCUT2D eigenvalue weighted by atomic mass is 10.2. The maximum atomic E-state index is 14.4. The fourth-order valence-corrected chi connectivity index (χ4v) is 5.25. The van der Waals surface area contributed by atoms with Crippen LogP contribution in [0.25, 0.3) is 0 Å². The molecule has 0 aliphatic carbocycles. The van der Waals surface area contributed by atoms with Gasteiger partial charge >= 0.3 is 7.60 Å². The molecule has 0 aliphatic rings. The average Bonchev–Trinajstić information content (AvgIpc) is 2.80. The first-order valence-electron chi connectivity index (χ1n) is 9.78. The largest absolute Gasteiger partial charge is 0.457 e. The molecule has 156 valence electrons. The minimum atomic E-state index is -3.80. The summed E-state index contributed by atoms with van der Waals surface area (Å²) in [6, 6.07) is 35.4. The topological polar surface area (TPSA) is 47.6 Å². The van der Waals surface area contributed by atoms with Crippen LogP contribution in [-0.4, -0.2) is 0 Å². The van der Waals surface area contributed by atoms with Crippen molar-refractivity contribution in [2.45, 2.75) is 5.78 Å². The van der Waals surface area contributed by atoms with E-state index in [0.717, 1.165) is 15.7 Å². The van der Waals surface area contributed by atoms with Gasteiger partial charge in [0.2, 0.25) is 0 Å². The van der Waals surface area contributed by atoms with Crippen LogP contribution in [0.4, 0.5) is 5.69 Å². The van der Waals surface area contributed by atoms with Crippen molar-refractivity contribution in [2.75, 3.05) is 5.32 Å². The lowest BCUT2D eigenvalue weighted by Crippen LogP contribution is -2.18. The molecule has 6 heteroatoms. The molecule has 0 amide bonds. The highest BCUT2D eigenvalue weighted by Crippen LogP contribution is 2.60. The van der Waals surface area contributed by atoms with Crippen molar-refractivity contribution in [3.8, 4) is 11.5 Å². The zero-order valence-electron chi connectivity index (χ0n) is 16.6. The van der Waals surface area contributed by atoms with E-state index >= 15 is 0 Å². The Morgan fingerprint density at radius 2 is 1.10 bits per heavy atom. The summed E-state index contributed by atoms with van der Waals surface area (Å²) in [7, 11) is -3.80. The second-order valence-electron chi connectivity index (χ2n) is 6.81. The molecule has 4 rings (SSSR count). The van der Waals surface area contributed by atoms with Gasteiger partial charge in [-0.25, -0.2) is 4.57 Å². The van der Waals surface area contributed by atoms with E-state index in [-0.39, 0.29) is 0 Å². The predicted octanol–water partition coefficient (Wildman–Crippen LogP) is 7.91. The monoisotopic (exact) mass is 493 g/mol. The van der Waals surface area contributed by atoms with Crippen LogP contribution in [0.5, 0.6) is 11.5 Å². The molecule has 0 bridgehead atoms. The molecule has 0 fully saturated rings. The number of anilines is 1. The summed E-state index contributed by atoms with van der Waals surface area (Å²) in [5, 5.41) is 3.37. The second kappa shape index (κ2) is 9.86. The third kappa shape index (κ3) is 5.57. The lowest BCUT2D eigenvalue weighted by Gasteiger charge is -2.29. The first-order chi connectivity index (χ1) is 15.1. The van der Waals surface area contributed by atoms with E-state index in [2.05, 4.69) is 21.2 Å². The van der Waals surface area contributed by atoms with Gasteiger partial charge in [0.05, 0.1) is 0 Å². The van der Waals surface area contributed by atoms with Gasteiger partial charge in [-0.15, -0.1) is 0 Å². The number of benzene rings is 4. The Bertz CT molecular complexity index is 1090. The molecule has 0 saturated heterocycles. The Labute approximate surface area is 190 Å². The van der Waals surface area contributed by atoms with Crippen molar-refractivity contribution in [2.24, 2.45) is 0 Å². The number of rotatable bonds is 8. The van der Waals surface area contributed by atoms with Crippen LogP contribution in [-0.2, 0) is 4.57 Å². The Balaban J connectivity index is 1.78. The van der Waals surface area contributed by atoms with E-state index in [1.807, 2.05) is 91.0 Å². The van der Waals surface area contributed by atoms with Crippen LogP contribution in [0.1, 0.15) is 11.3 Å². The summed E-state index contributed by atoms with van der Waals surface area (Å²) in [6.45, 7) is 0. The zero-order valence-corrected chi connectivity index (χ0v) is 19.1. The summed E-state index contributed by atoms with van der Waals surface area (Å²) < 4.78 is 27.5. The normalized spacial score (nSPS) is 12.0. The molecular weight excluding hydrogens is 473 g/mol. The quantitative estimate of drug-likeness (QED) is 0.253. The van der Waals surface area contributed by atoms with E-state index in [1.165, 1.54) is 0 Å². The summed E-state index contributed by atoms with van der Waals surface area (Å²) in [6.07, 6.45) is 0. The van der Waals surface area contributed by atoms with Crippen LogP contribution < -0.4 is 14.4 Å². The Kier molecular flexibility index (Phi) is 6.76. The second-order valence-corrected chi connectivity index (χ2v) is 9.69. The number of para-hydroxylation sites is 2. The van der Waals surface area contributed by atoms with Crippen molar-refractivity contribution in [1.82, 2.24) is 0 Å². The maximum absolute atomic E-state index is 14.4. The van der Waals surface area contributed by atoms with Crippen molar-refractivity contribution in [3.05, 3.63) is 125 Å². The molecule has 31 heavy (non-hydrogen) atoms. The summed E-state index contributed by atoms with van der Waals surface area (Å²) >= 11 is 3.45. The molecule has 1 atom stereocenters. The fraction of sp³-hybridized carbons (Fsp3) is 0.0400. The van der Waals surface area contributed by atoms with E-state index in [0.29, 0.717) is 11.5 Å². The van der Waals surface area contributed by atoms with E-state index in [9.17, 15) is 4.57 Å². The van der Waals surface area contributed by atoms with E-state index < -0.39 is 13.4 Å². The van der Waals surface area contributed by atoms with Gasteiger partial charge in [0.1, 0.15) is 11.5 Å². The standard InChI is InChI=1S/C25H21BrNO3P/c26-21-16-18-22(19-17-21)27-25(20-10-4-1-5-11-20)31(28,29-23-12-6-2-7-13-23)30-24-14-8-3-9-15-24/h1-19,25,27H/t25-/m0/s1. The highest BCUT2D eigenvalue weighted by atomic mass is 79.9. The zero-order chi connectivity index (χ0) is 21.5. The minimum absolute atomic E-state index is 0.473. The van der Waals surface area contributed by atoms with Crippen LogP contribution >= 0.6 is 23.5 Å². The van der Waals surface area contributed by atoms with Crippen molar-refractivity contribution in [1.29, 1.82) is 0 Å². The summed E-state index contributed by atoms with van der Waals surface area (Å²) in [5.41, 5.74) is 1.59. The number of hydrogen-bond donors (Lipinski definition) is 1. The minimum Gasteiger partial charge on any atom is -0.414 e. The van der Waals surface area contributed by atoms with Gasteiger partial charge < -0.3 is 14.4 Å². The Hall–Kier alpha value is -3.01. The fourth-order valence-electron chi connectivity index (χ4n) is 3.06. The van der Waals surface area contributed by atoms with Crippen molar-refractivity contribution < 1.29 is 13.6 Å². The highest BCUT2D eigenvalue weighted by molar-refractivity contribution is 9.10. The Morgan fingerprint density at radius 3 is 1.58 bits per heavy atom. The highest BCUT2D eigenvalue weighted by Gasteiger charge is 2.41. The van der Waals surface area contributed by atoms with Crippen molar-refractivity contribution in [3.63, 3.8) is 0 Å². The molecule has 0 unspecified atom stereocenters. The van der Waals surface area contributed by atoms with Gasteiger partial charge in [-0.05, 0) is 54.1 Å². The lowest BCUT2D eigenvalue weighted by molar-refractivity contribution is 0.376. The predicted molar refractivity (Wildman–Crippen MR) is 129 cm³/mol. The van der Waals surface area contributed by atoms with Crippen LogP contribution in [0.3, 0.4) is 0 Å². The van der Waals surface area contributed by atoms with Gasteiger partial charge in [0, 0.05) is 10.2 Å². The molecule has 1 N–H and O–H groups in total. The van der Waals surface area contributed by atoms with Crippen LogP contribution in [0, 0.1) is 0 Å². The Morgan fingerprint density at radius 1 is 0.645 bits per heavy atom. The first-order valence-corrected chi connectivity index (χ1v) is 12.2. The first kappa shape index (κ1) is 21.2. The van der Waals surface area contributed by atoms with Crippen LogP contribution in [0.2, 0.25) is 0 Å². The van der Waals surface area contributed by atoms with Gasteiger partial charge in [-0.2, -0.15) is 0 Å². The molecule has 0 aromatic heterocycles. The van der Waals surface area contributed by atoms with Gasteiger partial charge in [0.15, 0.2) is 5.78 Å². The smallest absolute Gasteiger partial charge is 0.414 e. The number of halogens is 1. The molecule has 0 heterocycles. The third-order valence-electron chi connectivity index (χ3n) is 4.53. The molecule has 4 nitrogen and oxygen atoms in total. The van der Waals surface area contributed by atoms with Gasteiger partial charge in [-0.1, -0.05) is 82.7 Å². The maximum Gasteiger partial charge on any atom is 0.457 e. The molecule has 4 aromatic rings. The average molecular weight is 494 g/mol. The van der Waals surface area contributed by atoms with E-state index in [4.69, 9.17) is 9.05 Å². The summed E-state index contributed by atoms with van der Waals surface area (Å²) in [4.78, 5) is 0. The molecule has 0 saturated carbocycles. The number of nitrogens with one attached hydrogen (secondary N) is 1. The SMILES string of the molecule is O=P(Oc1ccccc1)(Oc1ccccc1)[C@H](Nc1ccc(Br)cc1)c1ccccc1. The van der Waals surface area contributed by atoms with Gasteiger partial charge in [-0.3, -0.25) is 0 Å². The van der Waals surface area contributed by atoms with Crippen molar-refractivity contribution >= 4 is 29.2 Å². The number of hydrogen-bond acceptors (Lipinski definition) is 4. The summed E-state index contributed by atoms with van der Waals surface area (Å²) in [5.74, 6) is 0.205. The third-order valence-corrected chi connectivity index (χ3v) is 7.05.